The Morgan fingerprint density at radius 1 is 1.08 bits per heavy atom. The van der Waals surface area contributed by atoms with Crippen LogP contribution in [0.5, 0.6) is 5.75 Å². The number of hydrogen-bond acceptors (Lipinski definition) is 10. The summed E-state index contributed by atoms with van der Waals surface area (Å²) in [5.74, 6) is -6.56. The molecule has 0 radical (unpaired) electrons. The number of aliphatic hydroxyl groups excluding tert-OH is 2. The molecule has 6 N–H and O–H groups in total. The standard InChI is InChI=1S/C26H34N4O7/c1-28(2)8-9-30(5)15-6-7-16(31)18-13(15)10-12-11-14-20(29(3)4)22(33)19(25(27)36)24(35)26(14,37)23(34)17(12)21(18)32/h6-7,12,14,20,31-32,35,37H,8-11H2,1-5H3,(H2,27,36)/t12-,14-,20-,26-/m0/s1. The van der Waals surface area contributed by atoms with Crippen molar-refractivity contribution < 1.29 is 34.8 Å². The molecule has 1 fully saturated rings. The van der Waals surface area contributed by atoms with Gasteiger partial charge in [-0.05, 0) is 64.6 Å². The highest BCUT2D eigenvalue weighted by molar-refractivity contribution is 6.24. The maximum atomic E-state index is 13.9. The van der Waals surface area contributed by atoms with Gasteiger partial charge in [0.15, 0.2) is 11.4 Å². The van der Waals surface area contributed by atoms with Crippen molar-refractivity contribution in [3.63, 3.8) is 0 Å². The molecule has 37 heavy (non-hydrogen) atoms. The summed E-state index contributed by atoms with van der Waals surface area (Å²) in [6.45, 7) is 1.43. The molecule has 1 aromatic rings. The molecule has 11 nitrogen and oxygen atoms in total. The van der Waals surface area contributed by atoms with Crippen molar-refractivity contribution in [1.82, 2.24) is 9.80 Å². The van der Waals surface area contributed by atoms with E-state index in [4.69, 9.17) is 5.73 Å². The van der Waals surface area contributed by atoms with E-state index in [-0.39, 0.29) is 29.7 Å². The number of carbonyl (C=O) groups excluding carboxylic acids is 3. The summed E-state index contributed by atoms with van der Waals surface area (Å²) in [5, 5.41) is 44.5. The molecule has 11 heteroatoms. The maximum Gasteiger partial charge on any atom is 0.255 e. The van der Waals surface area contributed by atoms with Gasteiger partial charge in [0, 0.05) is 37.3 Å². The van der Waals surface area contributed by atoms with E-state index >= 15 is 0 Å². The molecule has 3 aliphatic rings. The van der Waals surface area contributed by atoms with E-state index in [1.165, 1.54) is 11.0 Å². The summed E-state index contributed by atoms with van der Waals surface area (Å²) >= 11 is 0. The molecule has 0 bridgehead atoms. The number of aliphatic hydroxyl groups is 3. The number of hydrogen-bond donors (Lipinski definition) is 5. The van der Waals surface area contributed by atoms with Gasteiger partial charge in [0.05, 0.1) is 11.6 Å². The molecule has 4 atom stereocenters. The molecular weight excluding hydrogens is 480 g/mol. The maximum absolute atomic E-state index is 13.9. The van der Waals surface area contributed by atoms with Gasteiger partial charge in [-0.25, -0.2) is 0 Å². The van der Waals surface area contributed by atoms with Gasteiger partial charge in [0.1, 0.15) is 22.8 Å². The quantitative estimate of drug-likeness (QED) is 0.325. The van der Waals surface area contributed by atoms with Crippen molar-refractivity contribution in [3.8, 4) is 5.75 Å². The number of Topliss-reactive ketones (excluding diaryl/α,β-unsaturated/α-hetero) is 2. The van der Waals surface area contributed by atoms with E-state index in [2.05, 4.69) is 0 Å². The largest absolute Gasteiger partial charge is 0.508 e. The van der Waals surface area contributed by atoms with Crippen molar-refractivity contribution in [2.24, 2.45) is 17.6 Å². The number of carbonyl (C=O) groups is 3. The molecule has 0 saturated heterocycles. The van der Waals surface area contributed by atoms with Crippen molar-refractivity contribution in [2.75, 3.05) is 53.2 Å². The Morgan fingerprint density at radius 3 is 2.30 bits per heavy atom. The summed E-state index contributed by atoms with van der Waals surface area (Å²) in [6, 6.07) is 2.08. The normalized spacial score (nSPS) is 27.4. The molecule has 0 aromatic heterocycles. The first-order valence-corrected chi connectivity index (χ1v) is 12.1. The van der Waals surface area contributed by atoms with Gasteiger partial charge in [-0.3, -0.25) is 19.3 Å². The van der Waals surface area contributed by atoms with Crippen LogP contribution in [0.3, 0.4) is 0 Å². The van der Waals surface area contributed by atoms with Crippen molar-refractivity contribution in [3.05, 3.63) is 40.2 Å². The number of nitrogens with two attached hydrogens (primary N) is 1. The second-order valence-corrected chi connectivity index (χ2v) is 10.6. The fraction of sp³-hybridized carbons (Fsp3) is 0.500. The molecule has 0 unspecified atom stereocenters. The minimum absolute atomic E-state index is 0.0578. The lowest BCUT2D eigenvalue weighted by molar-refractivity contribution is -0.153. The number of anilines is 1. The predicted molar refractivity (Wildman–Crippen MR) is 136 cm³/mol. The number of primary amides is 1. The third kappa shape index (κ3) is 3.89. The third-order valence-corrected chi connectivity index (χ3v) is 7.87. The van der Waals surface area contributed by atoms with Gasteiger partial charge < -0.3 is 36.0 Å². The number of nitrogens with zero attached hydrogens (tertiary/aromatic N) is 3. The number of likely N-dealkylation sites (N-methyl/N-ethyl adjacent to an activating group) is 3. The van der Waals surface area contributed by atoms with Crippen LogP contribution in [0, 0.1) is 11.8 Å². The Hall–Kier alpha value is -3.41. The molecule has 1 saturated carbocycles. The zero-order chi connectivity index (χ0) is 27.6. The number of amides is 1. The molecule has 200 valence electrons. The zero-order valence-electron chi connectivity index (χ0n) is 21.6. The predicted octanol–water partition coefficient (Wildman–Crippen LogP) is -0.0382. The summed E-state index contributed by atoms with van der Waals surface area (Å²) in [7, 11) is 8.95. The van der Waals surface area contributed by atoms with Gasteiger partial charge in [-0.2, -0.15) is 0 Å². The van der Waals surface area contributed by atoms with Crippen LogP contribution in [0.25, 0.3) is 5.76 Å². The lowest BCUT2D eigenvalue weighted by Gasteiger charge is -2.50. The van der Waals surface area contributed by atoms with E-state index in [1.54, 1.807) is 20.2 Å². The first-order valence-electron chi connectivity index (χ1n) is 12.1. The van der Waals surface area contributed by atoms with Crippen LogP contribution in [-0.2, 0) is 20.8 Å². The zero-order valence-corrected chi connectivity index (χ0v) is 21.6. The van der Waals surface area contributed by atoms with Crippen LogP contribution in [0.15, 0.2) is 29.0 Å². The lowest BCUT2D eigenvalue weighted by atomic mass is 9.57. The summed E-state index contributed by atoms with van der Waals surface area (Å²) in [6.07, 6.45) is 0.312. The highest BCUT2D eigenvalue weighted by Gasteiger charge is 2.64. The van der Waals surface area contributed by atoms with Crippen LogP contribution in [0.4, 0.5) is 5.69 Å². The van der Waals surface area contributed by atoms with Gasteiger partial charge in [-0.1, -0.05) is 0 Å². The number of phenolic OH excluding ortho intramolecular Hbond substituents is 1. The fourth-order valence-electron chi connectivity index (χ4n) is 6.06. The fourth-order valence-corrected chi connectivity index (χ4v) is 6.06. The first-order chi connectivity index (χ1) is 17.2. The molecule has 0 aliphatic heterocycles. The van der Waals surface area contributed by atoms with Gasteiger partial charge >= 0.3 is 0 Å². The van der Waals surface area contributed by atoms with Crippen LogP contribution in [0.2, 0.25) is 0 Å². The van der Waals surface area contributed by atoms with E-state index in [1.807, 2.05) is 30.9 Å². The highest BCUT2D eigenvalue weighted by atomic mass is 16.3. The van der Waals surface area contributed by atoms with E-state index in [0.717, 1.165) is 12.2 Å². The molecule has 4 rings (SSSR count). The molecule has 0 heterocycles. The Balaban J connectivity index is 1.90. The Labute approximate surface area is 215 Å². The topological polar surface area (TPSA) is 168 Å². The summed E-state index contributed by atoms with van der Waals surface area (Å²) in [5.41, 5.74) is 3.23. The summed E-state index contributed by atoms with van der Waals surface area (Å²) < 4.78 is 0. The Kier molecular flexibility index (Phi) is 6.60. The van der Waals surface area contributed by atoms with Crippen molar-refractivity contribution >= 4 is 28.9 Å². The second-order valence-electron chi connectivity index (χ2n) is 10.6. The monoisotopic (exact) mass is 514 g/mol. The third-order valence-electron chi connectivity index (χ3n) is 7.87. The minimum atomic E-state index is -2.64. The molecule has 0 spiro atoms. The molecular formula is C26H34N4O7. The number of rotatable bonds is 6. The number of phenols is 1. The second kappa shape index (κ2) is 9.16. The molecule has 3 aliphatic carbocycles. The Bertz CT molecular complexity index is 1250. The average Bonchev–Trinajstić information content (AvgIpc) is 2.79. The molecule has 1 amide bonds. The van der Waals surface area contributed by atoms with Crippen LogP contribution >= 0.6 is 0 Å². The van der Waals surface area contributed by atoms with Crippen LogP contribution < -0.4 is 10.6 Å². The first kappa shape index (κ1) is 26.6. The number of fused-ring (bicyclic) bond motifs is 3. The van der Waals surface area contributed by atoms with Gasteiger partial charge in [0.25, 0.3) is 5.91 Å². The van der Waals surface area contributed by atoms with E-state index < -0.39 is 58.0 Å². The van der Waals surface area contributed by atoms with E-state index in [9.17, 15) is 34.8 Å². The number of benzene rings is 1. The smallest absolute Gasteiger partial charge is 0.255 e. The minimum Gasteiger partial charge on any atom is -0.508 e. The summed E-state index contributed by atoms with van der Waals surface area (Å²) in [4.78, 5) is 44.6. The average molecular weight is 515 g/mol. The SMILES string of the molecule is CN(C)CCN(C)c1ccc(O)c2c1C[C@H]1C[C@H]3[C@H](N(C)C)C(=O)C(C(N)=O)=C(O)[C@@]3(O)C(=O)C1=C2O. The van der Waals surface area contributed by atoms with Crippen LogP contribution in [-0.4, -0.2) is 108 Å². The van der Waals surface area contributed by atoms with Crippen LogP contribution in [0.1, 0.15) is 17.5 Å². The highest BCUT2D eigenvalue weighted by Crippen LogP contribution is 2.53. The van der Waals surface area contributed by atoms with Gasteiger partial charge in [0.2, 0.25) is 5.78 Å². The lowest BCUT2D eigenvalue weighted by Crippen LogP contribution is -2.65. The number of aromatic hydroxyl groups is 1. The Morgan fingerprint density at radius 2 is 1.73 bits per heavy atom. The van der Waals surface area contributed by atoms with Gasteiger partial charge in [-0.15, -0.1) is 0 Å². The van der Waals surface area contributed by atoms with Crippen molar-refractivity contribution in [1.29, 1.82) is 0 Å². The number of ketones is 2. The van der Waals surface area contributed by atoms with Crippen molar-refractivity contribution in [2.45, 2.75) is 24.5 Å². The van der Waals surface area contributed by atoms with E-state index in [0.29, 0.717) is 12.1 Å². The molecule has 1 aromatic carbocycles.